The molecular weight excluding hydrogens is 294 g/mol. The number of benzene rings is 1. The molecule has 23 heavy (non-hydrogen) atoms. The molecule has 130 valence electrons. The van der Waals surface area contributed by atoms with Crippen LogP contribution >= 0.6 is 0 Å². The lowest BCUT2D eigenvalue weighted by molar-refractivity contribution is -0.142. The summed E-state index contributed by atoms with van der Waals surface area (Å²) in [6.45, 7) is 7.29. The molecule has 1 aromatic carbocycles. The highest BCUT2D eigenvalue weighted by atomic mass is 16.5. The van der Waals surface area contributed by atoms with Gasteiger partial charge in [0.15, 0.2) is 0 Å². The van der Waals surface area contributed by atoms with E-state index in [1.165, 1.54) is 7.11 Å². The quantitative estimate of drug-likeness (QED) is 0.670. The van der Waals surface area contributed by atoms with Crippen molar-refractivity contribution in [2.45, 2.75) is 46.1 Å². The first-order valence-corrected chi connectivity index (χ1v) is 8.23. The molecule has 0 radical (unpaired) electrons. The number of hydrogen-bond donors (Lipinski definition) is 1. The predicted molar refractivity (Wildman–Crippen MR) is 90.9 cm³/mol. The summed E-state index contributed by atoms with van der Waals surface area (Å²) in [5.74, 6) is 1.70. The largest absolute Gasteiger partial charge is 0.494 e. The van der Waals surface area contributed by atoms with Crippen LogP contribution in [-0.2, 0) is 16.0 Å². The Kier molecular flexibility index (Phi) is 8.48. The number of hydrogen-bond acceptors (Lipinski definition) is 5. The zero-order chi connectivity index (χ0) is 17.2. The minimum atomic E-state index is -0.559. The van der Waals surface area contributed by atoms with Crippen molar-refractivity contribution in [3.8, 4) is 11.5 Å². The lowest BCUT2D eigenvalue weighted by Gasteiger charge is -2.17. The van der Waals surface area contributed by atoms with Gasteiger partial charge in [0.2, 0.25) is 0 Å². The maximum absolute atomic E-state index is 11.4. The average Bonchev–Trinajstić information content (AvgIpc) is 2.54. The highest BCUT2D eigenvalue weighted by Crippen LogP contribution is 2.27. The molecule has 0 aliphatic heterocycles. The van der Waals surface area contributed by atoms with E-state index in [1.54, 1.807) is 0 Å². The molecule has 0 aromatic heterocycles. The molecule has 2 N–H and O–H groups in total. The van der Waals surface area contributed by atoms with Gasteiger partial charge < -0.3 is 19.9 Å². The second kappa shape index (κ2) is 10.1. The van der Waals surface area contributed by atoms with Crippen molar-refractivity contribution in [1.82, 2.24) is 0 Å². The maximum atomic E-state index is 11.4. The van der Waals surface area contributed by atoms with Crippen LogP contribution in [0.1, 0.15) is 39.2 Å². The molecule has 1 rings (SSSR count). The molecule has 0 amide bonds. The van der Waals surface area contributed by atoms with Gasteiger partial charge in [0.25, 0.3) is 0 Å². The number of ether oxygens (including phenoxy) is 3. The van der Waals surface area contributed by atoms with E-state index >= 15 is 0 Å². The molecule has 0 aliphatic rings. The number of carbonyl (C=O) groups excluding carboxylic acids is 1. The van der Waals surface area contributed by atoms with Crippen LogP contribution < -0.4 is 15.2 Å². The topological polar surface area (TPSA) is 70.8 Å². The van der Waals surface area contributed by atoms with E-state index in [9.17, 15) is 4.79 Å². The molecule has 0 saturated carbocycles. The van der Waals surface area contributed by atoms with E-state index in [4.69, 9.17) is 15.2 Å². The maximum Gasteiger partial charge on any atom is 0.322 e. The van der Waals surface area contributed by atoms with Gasteiger partial charge in [-0.2, -0.15) is 0 Å². The second-order valence-electron chi connectivity index (χ2n) is 5.64. The molecule has 5 nitrogen and oxygen atoms in total. The zero-order valence-electron chi connectivity index (χ0n) is 14.6. The van der Waals surface area contributed by atoms with Gasteiger partial charge >= 0.3 is 5.97 Å². The Morgan fingerprint density at radius 2 is 1.91 bits per heavy atom. The number of nitrogens with two attached hydrogens (primary N) is 1. The zero-order valence-corrected chi connectivity index (χ0v) is 14.6. The number of carbonyl (C=O) groups is 1. The van der Waals surface area contributed by atoms with Crippen molar-refractivity contribution >= 4 is 5.97 Å². The van der Waals surface area contributed by atoms with Crippen LogP contribution in [0.25, 0.3) is 0 Å². The van der Waals surface area contributed by atoms with E-state index < -0.39 is 6.04 Å². The Labute approximate surface area is 139 Å². The summed E-state index contributed by atoms with van der Waals surface area (Å²) in [6, 6.07) is 5.35. The van der Waals surface area contributed by atoms with Gasteiger partial charge in [-0.25, -0.2) is 0 Å². The second-order valence-corrected chi connectivity index (χ2v) is 5.64. The van der Waals surface area contributed by atoms with E-state index in [-0.39, 0.29) is 5.97 Å². The molecule has 0 saturated heterocycles. The number of methoxy groups -OCH3 is 1. The number of rotatable bonds is 10. The first kappa shape index (κ1) is 19.3. The van der Waals surface area contributed by atoms with Crippen molar-refractivity contribution in [2.75, 3.05) is 20.3 Å². The summed E-state index contributed by atoms with van der Waals surface area (Å²) in [7, 11) is 1.36. The Morgan fingerprint density at radius 1 is 1.22 bits per heavy atom. The summed E-state index contributed by atoms with van der Waals surface area (Å²) in [5, 5.41) is 0. The lowest BCUT2D eigenvalue weighted by atomic mass is 9.94. The standard InChI is InChI=1S/C18H29NO4/c1-5-22-15-9-10-17(23-6-2)14(12-15)8-7-13(3)11-16(19)18(20)21-4/h9-10,12-13,16H,5-8,11,19H2,1-4H3. The molecule has 0 fully saturated rings. The highest BCUT2D eigenvalue weighted by Gasteiger charge is 2.17. The van der Waals surface area contributed by atoms with Gasteiger partial charge in [-0.1, -0.05) is 6.92 Å². The summed E-state index contributed by atoms with van der Waals surface area (Å²) in [4.78, 5) is 11.4. The van der Waals surface area contributed by atoms with Gasteiger partial charge in [-0.3, -0.25) is 4.79 Å². The summed E-state index contributed by atoms with van der Waals surface area (Å²) < 4.78 is 15.9. The van der Waals surface area contributed by atoms with Crippen LogP contribution in [0.15, 0.2) is 18.2 Å². The van der Waals surface area contributed by atoms with Crippen LogP contribution in [0.2, 0.25) is 0 Å². The average molecular weight is 323 g/mol. The van der Waals surface area contributed by atoms with Crippen LogP contribution in [0.4, 0.5) is 0 Å². The van der Waals surface area contributed by atoms with Crippen LogP contribution in [0, 0.1) is 5.92 Å². The normalized spacial score (nSPS) is 13.3. The summed E-state index contributed by atoms with van der Waals surface area (Å²) >= 11 is 0. The highest BCUT2D eigenvalue weighted by molar-refractivity contribution is 5.75. The van der Waals surface area contributed by atoms with E-state index in [0.717, 1.165) is 29.9 Å². The summed E-state index contributed by atoms with van der Waals surface area (Å²) in [6.07, 6.45) is 2.38. The molecule has 0 spiro atoms. The van der Waals surface area contributed by atoms with Gasteiger partial charge in [0.05, 0.1) is 20.3 Å². The van der Waals surface area contributed by atoms with Crippen LogP contribution in [0.5, 0.6) is 11.5 Å². The van der Waals surface area contributed by atoms with Gasteiger partial charge in [-0.05, 0) is 62.8 Å². The van der Waals surface area contributed by atoms with Crippen molar-refractivity contribution < 1.29 is 19.0 Å². The molecule has 0 bridgehead atoms. The van der Waals surface area contributed by atoms with Crippen molar-refractivity contribution in [3.63, 3.8) is 0 Å². The predicted octanol–water partition coefficient (Wildman–Crippen LogP) is 2.94. The number of esters is 1. The monoisotopic (exact) mass is 323 g/mol. The van der Waals surface area contributed by atoms with Crippen molar-refractivity contribution in [3.05, 3.63) is 23.8 Å². The third-order valence-electron chi connectivity index (χ3n) is 3.71. The fraction of sp³-hybridized carbons (Fsp3) is 0.611. The minimum absolute atomic E-state index is 0.314. The molecule has 0 aliphatic carbocycles. The SMILES string of the molecule is CCOc1ccc(OCC)c(CCC(C)CC(N)C(=O)OC)c1. The first-order chi connectivity index (χ1) is 11.0. The van der Waals surface area contributed by atoms with Gasteiger partial charge in [0.1, 0.15) is 17.5 Å². The molecular formula is C18H29NO4. The summed E-state index contributed by atoms with van der Waals surface area (Å²) in [5.41, 5.74) is 6.94. The third kappa shape index (κ3) is 6.48. The Balaban J connectivity index is 2.66. The third-order valence-corrected chi connectivity index (χ3v) is 3.71. The molecule has 5 heteroatoms. The fourth-order valence-electron chi connectivity index (χ4n) is 2.50. The lowest BCUT2D eigenvalue weighted by Crippen LogP contribution is -2.33. The van der Waals surface area contributed by atoms with Gasteiger partial charge in [0, 0.05) is 0 Å². The fourth-order valence-corrected chi connectivity index (χ4v) is 2.50. The molecule has 1 aromatic rings. The Bertz CT molecular complexity index is 490. The smallest absolute Gasteiger partial charge is 0.322 e. The Morgan fingerprint density at radius 3 is 2.52 bits per heavy atom. The van der Waals surface area contributed by atoms with Crippen molar-refractivity contribution in [2.24, 2.45) is 11.7 Å². The van der Waals surface area contributed by atoms with Crippen molar-refractivity contribution in [1.29, 1.82) is 0 Å². The molecule has 2 atom stereocenters. The van der Waals surface area contributed by atoms with Gasteiger partial charge in [-0.15, -0.1) is 0 Å². The van der Waals surface area contributed by atoms with E-state index in [0.29, 0.717) is 25.6 Å². The Hall–Kier alpha value is -1.75. The van der Waals surface area contributed by atoms with Crippen LogP contribution in [-0.4, -0.2) is 32.3 Å². The molecule has 2 unspecified atom stereocenters. The van der Waals surface area contributed by atoms with E-state index in [1.807, 2.05) is 32.0 Å². The number of aryl methyl sites for hydroxylation is 1. The van der Waals surface area contributed by atoms with Crippen LogP contribution in [0.3, 0.4) is 0 Å². The first-order valence-electron chi connectivity index (χ1n) is 8.23. The molecule has 0 heterocycles. The minimum Gasteiger partial charge on any atom is -0.494 e. The van der Waals surface area contributed by atoms with E-state index in [2.05, 4.69) is 11.7 Å².